The van der Waals surface area contributed by atoms with Crippen molar-refractivity contribution in [2.45, 2.75) is 108 Å². The predicted octanol–water partition coefficient (Wildman–Crippen LogP) is 2.56. The summed E-state index contributed by atoms with van der Waals surface area (Å²) in [6, 6.07) is -1.29. The van der Waals surface area contributed by atoms with E-state index in [1.54, 1.807) is 4.90 Å². The number of fused-ring (bicyclic) bond motifs is 8. The second kappa shape index (κ2) is 13.2. The molecule has 3 N–H and O–H groups in total. The third-order valence-corrected chi connectivity index (χ3v) is 9.13. The van der Waals surface area contributed by atoms with E-state index in [2.05, 4.69) is 28.6 Å². The SMILES string of the molecule is O=C1N[C@H]2CCCC[C@H]2C(=O)N2CCC[C@H]2C(=O)N[C@@H](CCCCCS)C(=O)NCC2CCC1CC2. The summed E-state index contributed by atoms with van der Waals surface area (Å²) in [5.74, 6) is 0.562. The minimum atomic E-state index is -0.590. The van der Waals surface area contributed by atoms with Crippen LogP contribution >= 0.6 is 12.6 Å². The average molecular weight is 521 g/mol. The summed E-state index contributed by atoms with van der Waals surface area (Å²) >= 11 is 4.28. The minimum absolute atomic E-state index is 0.0135. The largest absolute Gasteiger partial charge is 0.354 e. The van der Waals surface area contributed by atoms with Crippen LogP contribution in [0, 0.1) is 17.8 Å². The van der Waals surface area contributed by atoms with E-state index in [9.17, 15) is 19.2 Å². The molecule has 0 aromatic rings. The van der Waals surface area contributed by atoms with Gasteiger partial charge in [0.25, 0.3) is 0 Å². The molecule has 3 aliphatic heterocycles. The number of hydrogen-bond acceptors (Lipinski definition) is 5. The molecule has 2 saturated carbocycles. The fourth-order valence-corrected chi connectivity index (χ4v) is 6.81. The number of carbonyl (C=O) groups excluding carboxylic acids is 4. The third kappa shape index (κ3) is 6.75. The fourth-order valence-electron chi connectivity index (χ4n) is 6.59. The number of thiol groups is 1. The van der Waals surface area contributed by atoms with E-state index in [0.717, 1.165) is 82.8 Å². The van der Waals surface area contributed by atoms with Crippen molar-refractivity contribution in [3.05, 3.63) is 0 Å². The van der Waals surface area contributed by atoms with Gasteiger partial charge >= 0.3 is 0 Å². The summed E-state index contributed by atoms with van der Waals surface area (Å²) < 4.78 is 0. The number of rotatable bonds is 5. The normalized spacial score (nSPS) is 34.3. The summed E-state index contributed by atoms with van der Waals surface area (Å²) in [7, 11) is 0. The summed E-state index contributed by atoms with van der Waals surface area (Å²) in [6.45, 7) is 1.13. The van der Waals surface area contributed by atoms with E-state index >= 15 is 0 Å². The van der Waals surface area contributed by atoms with Gasteiger partial charge in [0, 0.05) is 25.0 Å². The molecule has 8 nitrogen and oxygen atoms in total. The Morgan fingerprint density at radius 2 is 1.56 bits per heavy atom. The lowest BCUT2D eigenvalue weighted by atomic mass is 9.80. The number of hydrogen-bond donors (Lipinski definition) is 4. The predicted molar refractivity (Wildman–Crippen MR) is 141 cm³/mol. The molecule has 2 bridgehead atoms. The molecular formula is C27H44N4O4S. The van der Waals surface area contributed by atoms with Crippen molar-refractivity contribution < 1.29 is 19.2 Å². The Hall–Kier alpha value is -1.77. The Labute approximate surface area is 220 Å². The minimum Gasteiger partial charge on any atom is -0.354 e. The van der Waals surface area contributed by atoms with Gasteiger partial charge in [-0.3, -0.25) is 19.2 Å². The van der Waals surface area contributed by atoms with Crippen LogP contribution in [0.1, 0.15) is 89.9 Å². The first-order valence-electron chi connectivity index (χ1n) is 14.3. The van der Waals surface area contributed by atoms with Crippen molar-refractivity contribution in [3.8, 4) is 0 Å². The highest BCUT2D eigenvalue weighted by molar-refractivity contribution is 7.80. The second-order valence-corrected chi connectivity index (χ2v) is 11.7. The Morgan fingerprint density at radius 1 is 0.778 bits per heavy atom. The maximum Gasteiger partial charge on any atom is 0.243 e. The van der Waals surface area contributed by atoms with Crippen molar-refractivity contribution in [1.29, 1.82) is 0 Å². The fraction of sp³-hybridized carbons (Fsp3) is 0.852. The monoisotopic (exact) mass is 520 g/mol. The second-order valence-electron chi connectivity index (χ2n) is 11.3. The molecule has 36 heavy (non-hydrogen) atoms. The molecule has 0 radical (unpaired) electrons. The zero-order chi connectivity index (χ0) is 25.5. The van der Waals surface area contributed by atoms with Gasteiger partial charge in [0.15, 0.2) is 0 Å². The van der Waals surface area contributed by atoms with E-state index in [1.807, 2.05) is 0 Å². The molecule has 5 rings (SSSR count). The number of amides is 4. The molecule has 5 aliphatic rings. The average Bonchev–Trinajstić information content (AvgIpc) is 3.39. The molecule has 3 heterocycles. The first-order valence-corrected chi connectivity index (χ1v) is 14.9. The first kappa shape index (κ1) is 27.3. The van der Waals surface area contributed by atoms with Crippen molar-refractivity contribution in [2.75, 3.05) is 18.8 Å². The van der Waals surface area contributed by atoms with E-state index in [4.69, 9.17) is 0 Å². The molecule has 4 amide bonds. The molecular weight excluding hydrogens is 476 g/mol. The smallest absolute Gasteiger partial charge is 0.243 e. The molecule has 0 unspecified atom stereocenters. The van der Waals surface area contributed by atoms with Crippen LogP contribution in [0.3, 0.4) is 0 Å². The van der Waals surface area contributed by atoms with Crippen LogP contribution in [0.15, 0.2) is 0 Å². The lowest BCUT2D eigenvalue weighted by Gasteiger charge is -2.36. The van der Waals surface area contributed by atoms with E-state index in [-0.39, 0.29) is 41.5 Å². The Morgan fingerprint density at radius 3 is 2.33 bits per heavy atom. The number of nitrogens with zero attached hydrogens (tertiary/aromatic N) is 1. The van der Waals surface area contributed by atoms with Crippen LogP contribution in [0.4, 0.5) is 0 Å². The maximum atomic E-state index is 13.7. The lowest BCUT2D eigenvalue weighted by molar-refractivity contribution is -0.144. The van der Waals surface area contributed by atoms with Gasteiger partial charge in [-0.1, -0.05) is 25.7 Å². The zero-order valence-corrected chi connectivity index (χ0v) is 22.4. The molecule has 0 spiro atoms. The van der Waals surface area contributed by atoms with Gasteiger partial charge in [-0.2, -0.15) is 12.6 Å². The van der Waals surface area contributed by atoms with Crippen molar-refractivity contribution in [2.24, 2.45) is 17.8 Å². The Kier molecular flexibility index (Phi) is 9.96. The summed E-state index contributed by atoms with van der Waals surface area (Å²) in [5, 5.41) is 9.35. The van der Waals surface area contributed by atoms with E-state index in [0.29, 0.717) is 31.8 Å². The standard InChI is InChI=1S/C27H44N4O4S/c32-24-19-13-11-18(12-14-19)17-28-25(33)22(9-2-1-5-16-36)30-26(34)23-10-6-15-31(23)27(35)20-7-3-4-8-21(20)29-24/h18-23,36H,1-17H2,(H,28,33)(H,29,32)(H,30,34)/t18?,19?,20-,21+,22+,23+/m1/s1. The quantitative estimate of drug-likeness (QED) is 0.330. The number of unbranched alkanes of at least 4 members (excludes halogenated alkanes) is 2. The summed E-state index contributed by atoms with van der Waals surface area (Å²) in [4.78, 5) is 55.1. The highest BCUT2D eigenvalue weighted by atomic mass is 32.1. The molecule has 0 aromatic carbocycles. The van der Waals surface area contributed by atoms with Crippen molar-refractivity contribution in [3.63, 3.8) is 0 Å². The molecule has 0 aromatic heterocycles. The zero-order valence-electron chi connectivity index (χ0n) is 21.5. The van der Waals surface area contributed by atoms with Crippen LogP contribution in [0.25, 0.3) is 0 Å². The van der Waals surface area contributed by atoms with Crippen LogP contribution in [0.5, 0.6) is 0 Å². The molecule has 5 fully saturated rings. The molecule has 202 valence electrons. The number of carbonyl (C=O) groups is 4. The first-order chi connectivity index (χ1) is 17.5. The highest BCUT2D eigenvalue weighted by Gasteiger charge is 2.42. The van der Waals surface area contributed by atoms with Crippen molar-refractivity contribution >= 4 is 36.3 Å². The van der Waals surface area contributed by atoms with Gasteiger partial charge in [-0.15, -0.1) is 0 Å². The van der Waals surface area contributed by atoms with Crippen LogP contribution in [-0.4, -0.2) is 65.5 Å². The van der Waals surface area contributed by atoms with Gasteiger partial charge in [-0.05, 0) is 75.9 Å². The van der Waals surface area contributed by atoms with Gasteiger partial charge in [0.2, 0.25) is 23.6 Å². The maximum absolute atomic E-state index is 13.7. The van der Waals surface area contributed by atoms with Crippen molar-refractivity contribution in [1.82, 2.24) is 20.9 Å². The van der Waals surface area contributed by atoms with Gasteiger partial charge in [0.1, 0.15) is 12.1 Å². The van der Waals surface area contributed by atoms with Crippen LogP contribution in [0.2, 0.25) is 0 Å². The molecule has 3 saturated heterocycles. The van der Waals surface area contributed by atoms with E-state index < -0.39 is 12.1 Å². The molecule has 9 heteroatoms. The topological polar surface area (TPSA) is 108 Å². The summed E-state index contributed by atoms with van der Waals surface area (Å²) in [6.07, 6.45) is 11.7. The Bertz CT molecular complexity index is 801. The highest BCUT2D eigenvalue weighted by Crippen LogP contribution is 2.32. The van der Waals surface area contributed by atoms with Gasteiger partial charge in [-0.25, -0.2) is 0 Å². The van der Waals surface area contributed by atoms with Crippen LogP contribution in [-0.2, 0) is 19.2 Å². The molecule has 2 aliphatic carbocycles. The van der Waals surface area contributed by atoms with Gasteiger partial charge in [0.05, 0.1) is 5.92 Å². The Balaban J connectivity index is 1.54. The van der Waals surface area contributed by atoms with Gasteiger partial charge < -0.3 is 20.9 Å². The molecule has 4 atom stereocenters. The van der Waals surface area contributed by atoms with E-state index in [1.165, 1.54) is 0 Å². The lowest BCUT2D eigenvalue weighted by Crippen LogP contribution is -2.56. The number of nitrogens with one attached hydrogen (secondary N) is 3. The third-order valence-electron chi connectivity index (χ3n) is 8.82. The summed E-state index contributed by atoms with van der Waals surface area (Å²) in [5.41, 5.74) is 0. The van der Waals surface area contributed by atoms with Crippen LogP contribution < -0.4 is 16.0 Å².